The molecule has 0 spiro atoms. The van der Waals surface area contributed by atoms with Gasteiger partial charge in [0.05, 0.1) is 24.7 Å². The number of aryl methyl sites for hydroxylation is 1. The summed E-state index contributed by atoms with van der Waals surface area (Å²) in [5.41, 5.74) is 1.97. The quantitative estimate of drug-likeness (QED) is 0.456. The van der Waals surface area contributed by atoms with Gasteiger partial charge in [0.1, 0.15) is 17.5 Å². The van der Waals surface area contributed by atoms with Crippen molar-refractivity contribution < 1.29 is 27.9 Å². The average molecular weight is 488 g/mol. The van der Waals surface area contributed by atoms with Gasteiger partial charge in [-0.15, -0.1) is 0 Å². The number of carbonyl (C=O) groups is 1. The normalized spacial score (nSPS) is 20.1. The van der Waals surface area contributed by atoms with Crippen LogP contribution in [0.1, 0.15) is 12.0 Å². The fourth-order valence-electron chi connectivity index (χ4n) is 3.84. The predicted molar refractivity (Wildman–Crippen MR) is 125 cm³/mol. The van der Waals surface area contributed by atoms with Gasteiger partial charge in [0.15, 0.2) is 0 Å². The Balaban J connectivity index is 1.41. The summed E-state index contributed by atoms with van der Waals surface area (Å²) >= 11 is 0. The molecular formula is C24H29N3O6S. The molecule has 34 heavy (non-hydrogen) atoms. The first-order chi connectivity index (χ1) is 16.3. The molecule has 9 nitrogen and oxygen atoms in total. The van der Waals surface area contributed by atoms with Crippen molar-refractivity contribution in [2.75, 3.05) is 39.4 Å². The van der Waals surface area contributed by atoms with Crippen LogP contribution in [-0.4, -0.2) is 74.9 Å². The molecule has 1 fully saturated rings. The van der Waals surface area contributed by atoms with Crippen LogP contribution in [0.25, 0.3) is 0 Å². The van der Waals surface area contributed by atoms with Crippen LogP contribution in [-0.2, 0) is 19.6 Å². The molecule has 0 radical (unpaired) electrons. The summed E-state index contributed by atoms with van der Waals surface area (Å²) in [5.74, 6) is 0.452. The summed E-state index contributed by atoms with van der Waals surface area (Å²) in [7, 11) is -3.99. The molecule has 2 aliphatic heterocycles. The van der Waals surface area contributed by atoms with Crippen LogP contribution in [0.15, 0.2) is 65.1 Å². The third kappa shape index (κ3) is 6.22. The number of carbonyl (C=O) groups excluding carboxylic acids is 1. The molecule has 0 aromatic heterocycles. The number of hydroxylamine groups is 2. The number of hydrogen-bond donors (Lipinski definition) is 2. The Morgan fingerprint density at radius 3 is 2.32 bits per heavy atom. The predicted octanol–water partition coefficient (Wildman–Crippen LogP) is 2.31. The topological polar surface area (TPSA) is 108 Å². The van der Waals surface area contributed by atoms with Gasteiger partial charge in [-0.2, -0.15) is 4.72 Å². The third-order valence-corrected chi connectivity index (χ3v) is 7.25. The molecule has 2 heterocycles. The molecule has 2 aliphatic rings. The molecule has 2 aromatic rings. The Morgan fingerprint density at radius 1 is 1.06 bits per heavy atom. The fourth-order valence-corrected chi connectivity index (χ4v) is 5.05. The number of rotatable bonds is 7. The molecule has 1 amide bonds. The van der Waals surface area contributed by atoms with Crippen molar-refractivity contribution in [2.24, 2.45) is 0 Å². The van der Waals surface area contributed by atoms with E-state index in [0.717, 1.165) is 24.2 Å². The van der Waals surface area contributed by atoms with Gasteiger partial charge in [0.2, 0.25) is 10.0 Å². The summed E-state index contributed by atoms with van der Waals surface area (Å²) in [6, 6.07) is 12.4. The molecule has 1 saturated heterocycles. The second kappa shape index (κ2) is 10.7. The molecule has 0 unspecified atom stereocenters. The van der Waals surface area contributed by atoms with Gasteiger partial charge in [0, 0.05) is 19.6 Å². The zero-order valence-electron chi connectivity index (χ0n) is 19.0. The molecule has 10 heteroatoms. The number of benzene rings is 2. The first-order valence-corrected chi connectivity index (χ1v) is 12.6. The van der Waals surface area contributed by atoms with Crippen LogP contribution >= 0.6 is 0 Å². The SMILES string of the molecule is Cc1ccc(Oc2ccc(S(=O)(=O)N[C@@H]3CC=C(CN4CCOCC4)CN(O)C3=O)cc2)cc1. The van der Waals surface area contributed by atoms with Gasteiger partial charge in [-0.25, -0.2) is 13.5 Å². The van der Waals surface area contributed by atoms with E-state index in [1.54, 1.807) is 12.1 Å². The summed E-state index contributed by atoms with van der Waals surface area (Å²) in [6.07, 6.45) is 1.98. The Labute approximate surface area is 199 Å². The van der Waals surface area contributed by atoms with Crippen molar-refractivity contribution in [3.8, 4) is 11.5 Å². The van der Waals surface area contributed by atoms with Crippen LogP contribution in [0.5, 0.6) is 11.5 Å². The van der Waals surface area contributed by atoms with Crippen LogP contribution < -0.4 is 9.46 Å². The van der Waals surface area contributed by atoms with Crippen LogP contribution in [0.3, 0.4) is 0 Å². The second-order valence-corrected chi connectivity index (χ2v) is 10.2. The van der Waals surface area contributed by atoms with Crippen LogP contribution in [0.2, 0.25) is 0 Å². The lowest BCUT2D eigenvalue weighted by atomic mass is 10.1. The average Bonchev–Trinajstić information content (AvgIpc) is 2.95. The maximum Gasteiger partial charge on any atom is 0.264 e. The van der Waals surface area contributed by atoms with Crippen molar-refractivity contribution in [1.29, 1.82) is 0 Å². The minimum atomic E-state index is -3.99. The number of nitrogens with zero attached hydrogens (tertiary/aromatic N) is 2. The molecule has 4 rings (SSSR count). The Hall–Kier alpha value is -2.76. The van der Waals surface area contributed by atoms with Gasteiger partial charge >= 0.3 is 0 Å². The number of nitrogens with one attached hydrogen (secondary N) is 1. The number of amides is 1. The maximum absolute atomic E-state index is 12.9. The van der Waals surface area contributed by atoms with Crippen molar-refractivity contribution in [1.82, 2.24) is 14.7 Å². The third-order valence-electron chi connectivity index (χ3n) is 5.77. The van der Waals surface area contributed by atoms with Crippen LogP contribution in [0.4, 0.5) is 0 Å². The maximum atomic E-state index is 12.9. The lowest BCUT2D eigenvalue weighted by Crippen LogP contribution is -2.46. The molecule has 1 atom stereocenters. The molecule has 2 aromatic carbocycles. The molecule has 0 aliphatic carbocycles. The van der Waals surface area contributed by atoms with Gasteiger partial charge in [0.25, 0.3) is 5.91 Å². The van der Waals surface area contributed by atoms with E-state index < -0.39 is 22.0 Å². The van der Waals surface area contributed by atoms with E-state index in [1.807, 2.05) is 37.3 Å². The van der Waals surface area contributed by atoms with E-state index in [9.17, 15) is 18.4 Å². The smallest absolute Gasteiger partial charge is 0.264 e. The summed E-state index contributed by atoms with van der Waals surface area (Å²) in [6.45, 7) is 5.45. The van der Waals surface area contributed by atoms with Gasteiger partial charge in [-0.3, -0.25) is 14.9 Å². The molecule has 0 saturated carbocycles. The summed E-state index contributed by atoms with van der Waals surface area (Å²) < 4.78 is 39.4. The van der Waals surface area contributed by atoms with Crippen molar-refractivity contribution >= 4 is 15.9 Å². The minimum absolute atomic E-state index is 0.00260. The van der Waals surface area contributed by atoms with Gasteiger partial charge in [-0.1, -0.05) is 23.8 Å². The summed E-state index contributed by atoms with van der Waals surface area (Å²) in [4.78, 5) is 14.8. The monoisotopic (exact) mass is 487 g/mol. The van der Waals surface area contributed by atoms with E-state index >= 15 is 0 Å². The van der Waals surface area contributed by atoms with Gasteiger partial charge < -0.3 is 9.47 Å². The Kier molecular flexibility index (Phi) is 7.64. The Bertz CT molecular complexity index is 1130. The van der Waals surface area contributed by atoms with E-state index in [2.05, 4.69) is 9.62 Å². The highest BCUT2D eigenvalue weighted by atomic mass is 32.2. The van der Waals surface area contributed by atoms with E-state index in [1.165, 1.54) is 12.1 Å². The van der Waals surface area contributed by atoms with Crippen molar-refractivity contribution in [3.05, 3.63) is 65.7 Å². The highest BCUT2D eigenvalue weighted by Crippen LogP contribution is 2.24. The number of sulfonamides is 1. The first-order valence-electron chi connectivity index (χ1n) is 11.2. The lowest BCUT2D eigenvalue weighted by Gasteiger charge is -2.28. The number of hydrogen-bond acceptors (Lipinski definition) is 7. The Morgan fingerprint density at radius 2 is 1.68 bits per heavy atom. The number of ether oxygens (including phenoxy) is 2. The molecule has 0 bridgehead atoms. The van der Waals surface area contributed by atoms with Crippen molar-refractivity contribution in [3.63, 3.8) is 0 Å². The van der Waals surface area contributed by atoms with Crippen molar-refractivity contribution in [2.45, 2.75) is 24.3 Å². The zero-order chi connectivity index (χ0) is 24.1. The fraction of sp³-hybridized carbons (Fsp3) is 0.375. The first kappa shape index (κ1) is 24.4. The largest absolute Gasteiger partial charge is 0.457 e. The molecule has 2 N–H and O–H groups in total. The molecular weight excluding hydrogens is 458 g/mol. The highest BCUT2D eigenvalue weighted by Gasteiger charge is 2.31. The summed E-state index contributed by atoms with van der Waals surface area (Å²) in [5, 5.41) is 10.8. The van der Waals surface area contributed by atoms with E-state index in [0.29, 0.717) is 36.3 Å². The minimum Gasteiger partial charge on any atom is -0.457 e. The van der Waals surface area contributed by atoms with Gasteiger partial charge in [-0.05, 0) is 55.3 Å². The second-order valence-electron chi connectivity index (χ2n) is 8.44. The standard InChI is InChI=1S/C24H29N3O6S/c1-18-2-5-20(6-3-18)33-21-7-9-22(10-8-21)34(30,31)25-23-11-4-19(17-27(29)24(23)28)16-26-12-14-32-15-13-26/h2-10,23,25,29H,11-17H2,1H3/t23-/m1/s1. The highest BCUT2D eigenvalue weighted by molar-refractivity contribution is 7.89. The van der Waals surface area contributed by atoms with E-state index in [-0.39, 0.29) is 17.9 Å². The van der Waals surface area contributed by atoms with E-state index in [4.69, 9.17) is 9.47 Å². The molecule has 182 valence electrons. The zero-order valence-corrected chi connectivity index (χ0v) is 19.8. The number of morpholine rings is 1. The van der Waals surface area contributed by atoms with Crippen LogP contribution in [0, 0.1) is 6.92 Å². The lowest BCUT2D eigenvalue weighted by molar-refractivity contribution is -0.164.